The third kappa shape index (κ3) is 3.67. The molecule has 6 nitrogen and oxygen atoms in total. The number of nitrogens with zero attached hydrogens (tertiary/aromatic N) is 2. The van der Waals surface area contributed by atoms with Crippen molar-refractivity contribution in [2.75, 3.05) is 0 Å². The van der Waals surface area contributed by atoms with E-state index < -0.39 is 5.97 Å². The van der Waals surface area contributed by atoms with Crippen LogP contribution >= 0.6 is 11.6 Å². The zero-order valence-corrected chi connectivity index (χ0v) is 12.5. The zero-order chi connectivity index (χ0) is 16.2. The fourth-order valence-corrected chi connectivity index (χ4v) is 1.99. The number of aromatic nitrogens is 2. The SMILES string of the molecule is O=C(O)c1ccc(-c2noc(COc3ccc(Cl)cc3)n2)cc1. The van der Waals surface area contributed by atoms with Crippen molar-refractivity contribution >= 4 is 17.6 Å². The average Bonchev–Trinajstić information content (AvgIpc) is 3.03. The van der Waals surface area contributed by atoms with Crippen LogP contribution in [0.4, 0.5) is 0 Å². The van der Waals surface area contributed by atoms with Gasteiger partial charge in [-0.15, -0.1) is 0 Å². The van der Waals surface area contributed by atoms with Gasteiger partial charge in [0.2, 0.25) is 5.82 Å². The molecule has 0 bridgehead atoms. The molecule has 3 aromatic rings. The summed E-state index contributed by atoms with van der Waals surface area (Å²) in [7, 11) is 0. The molecular weight excluding hydrogens is 320 g/mol. The number of carbonyl (C=O) groups is 1. The Bertz CT molecular complexity index is 813. The molecule has 0 saturated carbocycles. The Balaban J connectivity index is 1.67. The number of carboxylic acid groups (broad SMARTS) is 1. The quantitative estimate of drug-likeness (QED) is 0.768. The summed E-state index contributed by atoms with van der Waals surface area (Å²) < 4.78 is 10.6. The number of ether oxygens (including phenoxy) is 1. The monoisotopic (exact) mass is 330 g/mol. The first-order valence-electron chi connectivity index (χ1n) is 6.66. The molecule has 0 aliphatic heterocycles. The Hall–Kier alpha value is -2.86. The minimum atomic E-state index is -0.985. The molecule has 0 atom stereocenters. The molecule has 0 unspecified atom stereocenters. The first-order valence-corrected chi connectivity index (χ1v) is 7.04. The van der Waals surface area contributed by atoms with Crippen LogP contribution in [0.25, 0.3) is 11.4 Å². The highest BCUT2D eigenvalue weighted by atomic mass is 35.5. The number of benzene rings is 2. The first-order chi connectivity index (χ1) is 11.1. The summed E-state index contributed by atoms with van der Waals surface area (Å²) in [5.74, 6) is 0.343. The Labute approximate surface area is 136 Å². The van der Waals surface area contributed by atoms with Gasteiger partial charge < -0.3 is 14.4 Å². The lowest BCUT2D eigenvalue weighted by Gasteiger charge is -2.02. The van der Waals surface area contributed by atoms with Gasteiger partial charge in [-0.1, -0.05) is 28.9 Å². The van der Waals surface area contributed by atoms with Gasteiger partial charge in [-0.25, -0.2) is 4.79 Å². The first kappa shape index (κ1) is 15.1. The maximum Gasteiger partial charge on any atom is 0.335 e. The Kier molecular flexibility index (Phi) is 4.25. The van der Waals surface area contributed by atoms with E-state index in [1.807, 2.05) is 0 Å². The van der Waals surface area contributed by atoms with Crippen molar-refractivity contribution in [3.8, 4) is 17.1 Å². The predicted octanol–water partition coefficient (Wildman–Crippen LogP) is 3.67. The molecule has 1 N–H and O–H groups in total. The van der Waals surface area contributed by atoms with Gasteiger partial charge >= 0.3 is 5.97 Å². The van der Waals surface area contributed by atoms with Crippen LogP contribution in [-0.2, 0) is 6.61 Å². The molecule has 1 aromatic heterocycles. The van der Waals surface area contributed by atoms with E-state index >= 15 is 0 Å². The molecule has 0 amide bonds. The number of hydrogen-bond donors (Lipinski definition) is 1. The lowest BCUT2D eigenvalue weighted by atomic mass is 10.1. The van der Waals surface area contributed by atoms with Crippen LogP contribution in [-0.4, -0.2) is 21.2 Å². The summed E-state index contributed by atoms with van der Waals surface area (Å²) in [6.07, 6.45) is 0. The maximum absolute atomic E-state index is 10.8. The molecular formula is C16H11ClN2O4. The predicted molar refractivity (Wildman–Crippen MR) is 82.5 cm³/mol. The maximum atomic E-state index is 10.8. The van der Waals surface area contributed by atoms with Gasteiger partial charge in [-0.3, -0.25) is 0 Å². The van der Waals surface area contributed by atoms with Gasteiger partial charge in [-0.2, -0.15) is 4.98 Å². The molecule has 0 saturated heterocycles. The van der Waals surface area contributed by atoms with E-state index in [-0.39, 0.29) is 12.2 Å². The van der Waals surface area contributed by atoms with E-state index in [1.54, 1.807) is 36.4 Å². The van der Waals surface area contributed by atoms with Crippen molar-refractivity contribution in [1.29, 1.82) is 0 Å². The molecule has 0 aliphatic carbocycles. The fourth-order valence-electron chi connectivity index (χ4n) is 1.87. The summed E-state index contributed by atoms with van der Waals surface area (Å²) in [5.41, 5.74) is 0.861. The molecule has 3 rings (SSSR count). The van der Waals surface area contributed by atoms with Crippen molar-refractivity contribution in [1.82, 2.24) is 10.1 Å². The summed E-state index contributed by atoms with van der Waals surface area (Å²) in [6, 6.07) is 13.1. The van der Waals surface area contributed by atoms with Crippen LogP contribution in [0.5, 0.6) is 5.75 Å². The Morgan fingerprint density at radius 3 is 2.48 bits per heavy atom. The normalized spacial score (nSPS) is 10.5. The van der Waals surface area contributed by atoms with Crippen molar-refractivity contribution in [2.24, 2.45) is 0 Å². The van der Waals surface area contributed by atoms with E-state index in [2.05, 4.69) is 10.1 Å². The average molecular weight is 331 g/mol. The Morgan fingerprint density at radius 1 is 1.13 bits per heavy atom. The van der Waals surface area contributed by atoms with E-state index in [4.69, 9.17) is 26.0 Å². The molecule has 7 heteroatoms. The van der Waals surface area contributed by atoms with Crippen LogP contribution in [0.2, 0.25) is 5.02 Å². The van der Waals surface area contributed by atoms with Crippen LogP contribution in [0, 0.1) is 0 Å². The van der Waals surface area contributed by atoms with Gasteiger partial charge in [0.1, 0.15) is 5.75 Å². The second-order valence-electron chi connectivity index (χ2n) is 4.64. The molecule has 0 fully saturated rings. The summed E-state index contributed by atoms with van der Waals surface area (Å²) in [4.78, 5) is 15.0. The van der Waals surface area contributed by atoms with Gasteiger partial charge in [0.25, 0.3) is 5.89 Å². The van der Waals surface area contributed by atoms with Gasteiger partial charge in [-0.05, 0) is 36.4 Å². The minimum Gasteiger partial charge on any atom is -0.484 e. The highest BCUT2D eigenvalue weighted by Gasteiger charge is 2.10. The summed E-state index contributed by atoms with van der Waals surface area (Å²) in [6.45, 7) is 0.127. The van der Waals surface area contributed by atoms with Crippen molar-refractivity contribution < 1.29 is 19.2 Å². The van der Waals surface area contributed by atoms with Crippen molar-refractivity contribution in [2.45, 2.75) is 6.61 Å². The molecule has 2 aromatic carbocycles. The van der Waals surface area contributed by atoms with Crippen LogP contribution < -0.4 is 4.74 Å². The fraction of sp³-hybridized carbons (Fsp3) is 0.0625. The lowest BCUT2D eigenvalue weighted by molar-refractivity contribution is 0.0697. The van der Waals surface area contributed by atoms with E-state index in [0.29, 0.717) is 28.1 Å². The van der Waals surface area contributed by atoms with Crippen LogP contribution in [0.15, 0.2) is 53.1 Å². The second-order valence-corrected chi connectivity index (χ2v) is 5.07. The molecule has 23 heavy (non-hydrogen) atoms. The van der Waals surface area contributed by atoms with Crippen molar-refractivity contribution in [3.05, 3.63) is 65.0 Å². The standard InChI is InChI=1S/C16H11ClN2O4/c17-12-5-7-13(8-6-12)22-9-14-18-15(19-23-14)10-1-3-11(4-2-10)16(20)21/h1-8H,9H2,(H,20,21). The third-order valence-electron chi connectivity index (χ3n) is 3.03. The van der Waals surface area contributed by atoms with Gasteiger partial charge in [0.05, 0.1) is 5.56 Å². The molecule has 116 valence electrons. The number of carboxylic acids is 1. The van der Waals surface area contributed by atoms with E-state index in [9.17, 15) is 4.79 Å². The zero-order valence-electron chi connectivity index (χ0n) is 11.8. The second kappa shape index (κ2) is 6.50. The van der Waals surface area contributed by atoms with E-state index in [0.717, 1.165) is 0 Å². The van der Waals surface area contributed by atoms with Gasteiger partial charge in [0, 0.05) is 10.6 Å². The minimum absolute atomic E-state index is 0.127. The highest BCUT2D eigenvalue weighted by molar-refractivity contribution is 6.30. The highest BCUT2D eigenvalue weighted by Crippen LogP contribution is 2.19. The number of hydrogen-bond acceptors (Lipinski definition) is 5. The number of rotatable bonds is 5. The number of aromatic carboxylic acids is 1. The molecule has 1 heterocycles. The molecule has 0 aliphatic rings. The molecule has 0 spiro atoms. The summed E-state index contributed by atoms with van der Waals surface area (Å²) in [5, 5.41) is 13.4. The van der Waals surface area contributed by atoms with Gasteiger partial charge in [0.15, 0.2) is 6.61 Å². The summed E-state index contributed by atoms with van der Waals surface area (Å²) >= 11 is 5.80. The molecule has 0 radical (unpaired) electrons. The largest absolute Gasteiger partial charge is 0.484 e. The lowest BCUT2D eigenvalue weighted by Crippen LogP contribution is -1.96. The third-order valence-corrected chi connectivity index (χ3v) is 3.29. The number of halogens is 1. The van der Waals surface area contributed by atoms with Crippen LogP contribution in [0.3, 0.4) is 0 Å². The van der Waals surface area contributed by atoms with Crippen molar-refractivity contribution in [3.63, 3.8) is 0 Å². The topological polar surface area (TPSA) is 85.5 Å². The van der Waals surface area contributed by atoms with E-state index in [1.165, 1.54) is 12.1 Å². The Morgan fingerprint density at radius 2 is 1.83 bits per heavy atom. The smallest absolute Gasteiger partial charge is 0.335 e. The van der Waals surface area contributed by atoms with Crippen LogP contribution in [0.1, 0.15) is 16.2 Å².